The third-order valence-corrected chi connectivity index (χ3v) is 5.93. The number of ether oxygens (including phenoxy) is 1. The van der Waals surface area contributed by atoms with Gasteiger partial charge in [-0.15, -0.1) is 0 Å². The molecule has 0 aliphatic rings. The summed E-state index contributed by atoms with van der Waals surface area (Å²) in [7, 11) is 1.46. The van der Waals surface area contributed by atoms with Gasteiger partial charge in [-0.2, -0.15) is 0 Å². The van der Waals surface area contributed by atoms with E-state index in [1.807, 2.05) is 0 Å². The molecule has 0 saturated heterocycles. The lowest BCUT2D eigenvalue weighted by Crippen LogP contribution is -2.42. The van der Waals surface area contributed by atoms with E-state index in [2.05, 4.69) is 10.6 Å². The molecule has 0 radical (unpaired) electrons. The van der Waals surface area contributed by atoms with Crippen LogP contribution in [0.2, 0.25) is 5.02 Å². The smallest absolute Gasteiger partial charge is 0.331 e. The fourth-order valence-corrected chi connectivity index (χ4v) is 4.09. The Hall–Kier alpha value is -4.31. The Morgan fingerprint density at radius 1 is 1.03 bits per heavy atom. The van der Waals surface area contributed by atoms with Crippen molar-refractivity contribution in [3.05, 3.63) is 92.5 Å². The maximum absolute atomic E-state index is 13.3. The van der Waals surface area contributed by atoms with E-state index >= 15 is 0 Å². The first kappa shape index (κ1) is 25.8. The van der Waals surface area contributed by atoms with Crippen molar-refractivity contribution in [1.82, 2.24) is 14.5 Å². The highest BCUT2D eigenvalue weighted by Gasteiger charge is 2.17. The summed E-state index contributed by atoms with van der Waals surface area (Å²) >= 11 is 6.04. The zero-order chi connectivity index (χ0) is 26.4. The Balaban J connectivity index is 1.53. The van der Waals surface area contributed by atoms with E-state index in [1.54, 1.807) is 48.5 Å². The van der Waals surface area contributed by atoms with Crippen molar-refractivity contribution in [1.29, 1.82) is 0 Å². The van der Waals surface area contributed by atoms with Crippen LogP contribution in [0.5, 0.6) is 5.75 Å². The van der Waals surface area contributed by atoms with Crippen LogP contribution < -0.4 is 26.6 Å². The molecule has 0 unspecified atom stereocenters. The number of methoxy groups -OCH3 is 1. The molecule has 0 bridgehead atoms. The van der Waals surface area contributed by atoms with Crippen molar-refractivity contribution in [3.8, 4) is 5.75 Å². The third-order valence-electron chi connectivity index (χ3n) is 5.69. The van der Waals surface area contributed by atoms with Crippen LogP contribution in [0.4, 0.5) is 5.69 Å². The fraction of sp³-hybridized carbons (Fsp3) is 0.231. The first-order chi connectivity index (χ1) is 17.9. The minimum absolute atomic E-state index is 0.0143. The molecule has 0 fully saturated rings. The van der Waals surface area contributed by atoms with Gasteiger partial charge in [-0.05, 0) is 48.9 Å². The molecule has 11 heteroatoms. The van der Waals surface area contributed by atoms with Crippen molar-refractivity contribution in [3.63, 3.8) is 0 Å². The van der Waals surface area contributed by atoms with Gasteiger partial charge < -0.3 is 19.8 Å². The minimum Gasteiger partial charge on any atom is -0.495 e. The normalized spacial score (nSPS) is 10.9. The Morgan fingerprint density at radius 2 is 1.84 bits per heavy atom. The lowest BCUT2D eigenvalue weighted by atomic mass is 10.2. The maximum Gasteiger partial charge on any atom is 0.331 e. The average Bonchev–Trinajstić information content (AvgIpc) is 3.41. The van der Waals surface area contributed by atoms with E-state index in [-0.39, 0.29) is 43.8 Å². The van der Waals surface area contributed by atoms with Crippen LogP contribution >= 0.6 is 11.6 Å². The Labute approximate surface area is 216 Å². The van der Waals surface area contributed by atoms with Crippen LogP contribution in [0.1, 0.15) is 18.6 Å². The van der Waals surface area contributed by atoms with Gasteiger partial charge in [-0.3, -0.25) is 23.5 Å². The second kappa shape index (κ2) is 11.6. The molecule has 4 rings (SSSR count). The molecule has 2 N–H and O–H groups in total. The molecule has 2 aromatic carbocycles. The second-order valence-electron chi connectivity index (χ2n) is 8.20. The van der Waals surface area contributed by atoms with E-state index < -0.39 is 17.2 Å². The van der Waals surface area contributed by atoms with Crippen molar-refractivity contribution in [2.45, 2.75) is 32.5 Å². The summed E-state index contributed by atoms with van der Waals surface area (Å²) in [4.78, 5) is 51.5. The Kier molecular flexibility index (Phi) is 8.09. The topological polar surface area (TPSA) is 125 Å². The summed E-state index contributed by atoms with van der Waals surface area (Å²) in [5.41, 5.74) is -0.443. The van der Waals surface area contributed by atoms with Crippen LogP contribution in [-0.2, 0) is 29.2 Å². The van der Waals surface area contributed by atoms with Gasteiger partial charge in [0.1, 0.15) is 18.1 Å². The number of hydrogen-bond acceptors (Lipinski definition) is 6. The van der Waals surface area contributed by atoms with Gasteiger partial charge in [-0.25, -0.2) is 4.79 Å². The Bertz CT molecular complexity index is 1540. The number of nitrogens with one attached hydrogen (secondary N) is 2. The number of aromatic nitrogens is 2. The van der Waals surface area contributed by atoms with Gasteiger partial charge in [0, 0.05) is 18.0 Å². The predicted molar refractivity (Wildman–Crippen MR) is 139 cm³/mol. The number of hydrogen-bond donors (Lipinski definition) is 2. The molecule has 2 amide bonds. The van der Waals surface area contributed by atoms with E-state index in [9.17, 15) is 19.2 Å². The summed E-state index contributed by atoms with van der Waals surface area (Å²) < 4.78 is 12.7. The molecular weight excluding hydrogens is 500 g/mol. The quantitative estimate of drug-likeness (QED) is 0.328. The summed E-state index contributed by atoms with van der Waals surface area (Å²) in [6.07, 6.45) is 1.88. The third kappa shape index (κ3) is 6.10. The number of halogens is 1. The van der Waals surface area contributed by atoms with Gasteiger partial charge in [0.05, 0.1) is 36.5 Å². The van der Waals surface area contributed by atoms with Crippen LogP contribution in [0, 0.1) is 0 Å². The minimum atomic E-state index is -0.645. The second-order valence-corrected chi connectivity index (χ2v) is 8.63. The van der Waals surface area contributed by atoms with Crippen molar-refractivity contribution >= 4 is 40.0 Å². The van der Waals surface area contributed by atoms with Gasteiger partial charge in [-0.1, -0.05) is 23.7 Å². The SMILES string of the molecule is COc1ccc(Cl)cc1NC(=O)Cn1c(=O)n(CCCC(=O)NCc2ccco2)c(=O)c2ccccc21. The number of carbonyl (C=O) groups excluding carboxylic acids is 2. The van der Waals surface area contributed by atoms with Crippen LogP contribution in [0.15, 0.2) is 74.9 Å². The Morgan fingerprint density at radius 3 is 2.59 bits per heavy atom. The maximum atomic E-state index is 13.3. The lowest BCUT2D eigenvalue weighted by Gasteiger charge is -2.15. The number of anilines is 1. The standard InChI is InChI=1S/C26H25ClN4O6/c1-36-22-11-10-17(27)14-20(22)29-24(33)16-31-21-8-3-2-7-19(21)25(34)30(26(31)35)12-4-9-23(32)28-15-18-6-5-13-37-18/h2-3,5-8,10-11,13-14H,4,9,12,15-16H2,1H3,(H,28,32)(H,29,33). The highest BCUT2D eigenvalue weighted by Crippen LogP contribution is 2.27. The molecule has 4 aromatic rings. The predicted octanol–water partition coefficient (Wildman–Crippen LogP) is 3.15. The molecule has 2 aromatic heterocycles. The molecule has 0 saturated carbocycles. The molecule has 2 heterocycles. The zero-order valence-electron chi connectivity index (χ0n) is 20.0. The summed E-state index contributed by atoms with van der Waals surface area (Å²) in [5.74, 6) is 0.289. The highest BCUT2D eigenvalue weighted by molar-refractivity contribution is 6.31. The van der Waals surface area contributed by atoms with Crippen molar-refractivity contribution in [2.75, 3.05) is 12.4 Å². The van der Waals surface area contributed by atoms with E-state index in [4.69, 9.17) is 20.8 Å². The molecule has 0 spiro atoms. The molecule has 192 valence electrons. The molecular formula is C26H25ClN4O6. The number of fused-ring (bicyclic) bond motifs is 1. The van der Waals surface area contributed by atoms with Crippen LogP contribution in [0.3, 0.4) is 0 Å². The molecule has 37 heavy (non-hydrogen) atoms. The van der Waals surface area contributed by atoms with Crippen molar-refractivity contribution in [2.24, 2.45) is 0 Å². The number of carbonyl (C=O) groups is 2. The van der Waals surface area contributed by atoms with E-state index in [0.717, 1.165) is 4.57 Å². The van der Waals surface area contributed by atoms with Crippen LogP contribution in [0.25, 0.3) is 10.9 Å². The number of benzene rings is 2. The fourth-order valence-electron chi connectivity index (χ4n) is 3.92. The van der Waals surface area contributed by atoms with E-state index in [0.29, 0.717) is 27.7 Å². The number of rotatable bonds is 10. The largest absolute Gasteiger partial charge is 0.495 e. The first-order valence-corrected chi connectivity index (χ1v) is 11.9. The van der Waals surface area contributed by atoms with Gasteiger partial charge in [0.25, 0.3) is 5.56 Å². The highest BCUT2D eigenvalue weighted by atomic mass is 35.5. The van der Waals surface area contributed by atoms with Crippen molar-refractivity contribution < 1.29 is 18.7 Å². The lowest BCUT2D eigenvalue weighted by molar-refractivity contribution is -0.121. The molecule has 0 aliphatic carbocycles. The summed E-state index contributed by atoms with van der Waals surface area (Å²) in [6, 6.07) is 14.8. The number of furan rings is 1. The number of amides is 2. The molecule has 0 atom stereocenters. The monoisotopic (exact) mass is 524 g/mol. The van der Waals surface area contributed by atoms with E-state index in [1.165, 1.54) is 24.0 Å². The van der Waals surface area contributed by atoms with Gasteiger partial charge in [0.2, 0.25) is 11.8 Å². The zero-order valence-corrected chi connectivity index (χ0v) is 20.8. The summed E-state index contributed by atoms with van der Waals surface area (Å²) in [6.45, 7) is -0.0829. The van der Waals surface area contributed by atoms with Gasteiger partial charge in [0.15, 0.2) is 0 Å². The number of nitrogens with zero attached hydrogens (tertiary/aromatic N) is 2. The number of para-hydroxylation sites is 1. The average molecular weight is 525 g/mol. The van der Waals surface area contributed by atoms with Crippen LogP contribution in [-0.4, -0.2) is 28.1 Å². The first-order valence-electron chi connectivity index (χ1n) is 11.5. The summed E-state index contributed by atoms with van der Waals surface area (Å²) in [5, 5.41) is 6.13. The van der Waals surface area contributed by atoms with Gasteiger partial charge >= 0.3 is 5.69 Å². The molecule has 0 aliphatic heterocycles. The molecule has 10 nitrogen and oxygen atoms in total.